The molecule has 0 saturated carbocycles. The van der Waals surface area contributed by atoms with E-state index in [1.807, 2.05) is 6.07 Å². The monoisotopic (exact) mass is 319 g/mol. The molecule has 0 bridgehead atoms. The lowest BCUT2D eigenvalue weighted by Crippen LogP contribution is -2.18. The van der Waals surface area contributed by atoms with Gasteiger partial charge in [-0.15, -0.1) is 0 Å². The molecule has 0 aromatic heterocycles. The second-order valence-electron chi connectivity index (χ2n) is 4.31. The number of hydrogen-bond acceptors (Lipinski definition) is 5. The van der Waals surface area contributed by atoms with Crippen molar-refractivity contribution in [2.75, 3.05) is 13.7 Å². The second-order valence-corrected chi connectivity index (χ2v) is 4.31. The summed E-state index contributed by atoms with van der Waals surface area (Å²) in [6.07, 6.45) is 0. The Morgan fingerprint density at radius 2 is 1.87 bits per heavy atom. The molecule has 5 nitrogen and oxygen atoms in total. The molecule has 2 rings (SSSR count). The normalized spacial score (nSPS) is 9.83. The number of carbonyl (C=O) groups excluding carboxylic acids is 1. The summed E-state index contributed by atoms with van der Waals surface area (Å²) in [6.45, 7) is -0.578. The minimum Gasteiger partial charge on any atom is -0.493 e. The van der Waals surface area contributed by atoms with Crippen LogP contribution >= 0.6 is 0 Å². The van der Waals surface area contributed by atoms with Gasteiger partial charge in [-0.1, -0.05) is 0 Å². The molecule has 0 unspecified atom stereocenters. The van der Waals surface area contributed by atoms with Gasteiger partial charge in [-0.05, 0) is 24.3 Å². The predicted octanol–water partition coefficient (Wildman–Crippen LogP) is 2.83. The summed E-state index contributed by atoms with van der Waals surface area (Å²) < 4.78 is 41.1. The molecular formula is C16H11F2NO4. The molecule has 0 amide bonds. The number of rotatable bonds is 5. The van der Waals surface area contributed by atoms with E-state index in [1.165, 1.54) is 25.3 Å². The maximum absolute atomic E-state index is 13.4. The molecule has 0 saturated heterocycles. The molecule has 0 spiro atoms. The first kappa shape index (κ1) is 16.2. The van der Waals surface area contributed by atoms with Gasteiger partial charge in [0.15, 0.2) is 29.7 Å². The first-order valence-corrected chi connectivity index (χ1v) is 6.40. The van der Waals surface area contributed by atoms with E-state index in [4.69, 9.17) is 19.5 Å². The molecule has 2 aromatic rings. The van der Waals surface area contributed by atoms with Gasteiger partial charge < -0.3 is 14.2 Å². The summed E-state index contributed by atoms with van der Waals surface area (Å²) in [5, 5.41) is 8.79. The van der Waals surface area contributed by atoms with Crippen molar-refractivity contribution in [3.63, 3.8) is 0 Å². The number of benzene rings is 2. The average molecular weight is 319 g/mol. The molecular weight excluding hydrogens is 308 g/mol. The fourth-order valence-electron chi connectivity index (χ4n) is 1.70. The third-order valence-corrected chi connectivity index (χ3v) is 2.76. The summed E-state index contributed by atoms with van der Waals surface area (Å²) >= 11 is 0. The number of methoxy groups -OCH3 is 1. The molecule has 0 N–H and O–H groups in total. The number of halogens is 2. The van der Waals surface area contributed by atoms with Crippen molar-refractivity contribution in [3.05, 3.63) is 53.6 Å². The van der Waals surface area contributed by atoms with Gasteiger partial charge in [0.1, 0.15) is 5.82 Å². The maximum atomic E-state index is 13.4. The van der Waals surface area contributed by atoms with E-state index in [0.29, 0.717) is 11.6 Å². The largest absolute Gasteiger partial charge is 0.493 e. The van der Waals surface area contributed by atoms with Crippen LogP contribution < -0.4 is 14.2 Å². The van der Waals surface area contributed by atoms with E-state index in [-0.39, 0.29) is 17.2 Å². The summed E-state index contributed by atoms with van der Waals surface area (Å²) in [5.41, 5.74) is 0.339. The van der Waals surface area contributed by atoms with E-state index in [2.05, 4.69) is 0 Å². The lowest BCUT2D eigenvalue weighted by atomic mass is 10.2. The summed E-state index contributed by atoms with van der Waals surface area (Å²) in [6, 6.07) is 8.89. The Bertz CT molecular complexity index is 771. The van der Waals surface area contributed by atoms with Gasteiger partial charge in [-0.25, -0.2) is 13.6 Å². The lowest BCUT2D eigenvalue weighted by molar-refractivity contribution is -0.136. The van der Waals surface area contributed by atoms with Crippen molar-refractivity contribution in [1.29, 1.82) is 5.26 Å². The highest BCUT2D eigenvalue weighted by Crippen LogP contribution is 2.28. The molecule has 0 aliphatic carbocycles. The zero-order valence-corrected chi connectivity index (χ0v) is 12.0. The van der Waals surface area contributed by atoms with Gasteiger partial charge >= 0.3 is 5.97 Å². The Balaban J connectivity index is 2.01. The standard InChI is InChI=1S/C16H11F2NO4/c1-21-15-6-10(8-19)2-4-14(15)23-16(20)9-22-13-5-3-11(17)7-12(13)18/h2-7H,9H2,1H3. The van der Waals surface area contributed by atoms with Crippen LogP contribution in [0.5, 0.6) is 17.2 Å². The molecule has 2 aromatic carbocycles. The quantitative estimate of drug-likeness (QED) is 0.626. The van der Waals surface area contributed by atoms with E-state index >= 15 is 0 Å². The van der Waals surface area contributed by atoms with E-state index in [0.717, 1.165) is 12.1 Å². The van der Waals surface area contributed by atoms with Crippen LogP contribution in [0.2, 0.25) is 0 Å². The van der Waals surface area contributed by atoms with Crippen molar-refractivity contribution in [1.82, 2.24) is 0 Å². The third kappa shape index (κ3) is 4.17. The average Bonchev–Trinajstić information content (AvgIpc) is 2.54. The second kappa shape index (κ2) is 7.22. The Morgan fingerprint density at radius 3 is 2.52 bits per heavy atom. The molecule has 0 radical (unpaired) electrons. The molecule has 7 heteroatoms. The van der Waals surface area contributed by atoms with Gasteiger partial charge in [-0.3, -0.25) is 0 Å². The molecule has 0 fully saturated rings. The predicted molar refractivity (Wildman–Crippen MR) is 75.2 cm³/mol. The number of nitriles is 1. The van der Waals surface area contributed by atoms with Crippen LogP contribution in [0.25, 0.3) is 0 Å². The first-order chi connectivity index (χ1) is 11.0. The van der Waals surface area contributed by atoms with Crippen molar-refractivity contribution in [2.24, 2.45) is 0 Å². The van der Waals surface area contributed by atoms with E-state index < -0.39 is 24.2 Å². The SMILES string of the molecule is COc1cc(C#N)ccc1OC(=O)COc1ccc(F)cc1F. The Morgan fingerprint density at radius 1 is 1.13 bits per heavy atom. The number of ether oxygens (including phenoxy) is 3. The fourth-order valence-corrected chi connectivity index (χ4v) is 1.70. The van der Waals surface area contributed by atoms with Crippen LogP contribution in [0.4, 0.5) is 8.78 Å². The maximum Gasteiger partial charge on any atom is 0.349 e. The van der Waals surface area contributed by atoms with E-state index in [9.17, 15) is 13.6 Å². The van der Waals surface area contributed by atoms with Crippen LogP contribution in [0.1, 0.15) is 5.56 Å². The summed E-state index contributed by atoms with van der Waals surface area (Å²) in [5.74, 6) is -2.45. The van der Waals surface area contributed by atoms with Gasteiger partial charge in [0.25, 0.3) is 0 Å². The highest BCUT2D eigenvalue weighted by Gasteiger charge is 2.13. The van der Waals surface area contributed by atoms with Crippen molar-refractivity contribution in [2.45, 2.75) is 0 Å². The minimum absolute atomic E-state index is 0.0969. The van der Waals surface area contributed by atoms with Gasteiger partial charge in [0.05, 0.1) is 18.7 Å². The Hall–Kier alpha value is -3.14. The van der Waals surface area contributed by atoms with Gasteiger partial charge in [0, 0.05) is 12.1 Å². The molecule has 0 aliphatic heterocycles. The Kier molecular flexibility index (Phi) is 5.10. The van der Waals surface area contributed by atoms with Crippen LogP contribution in [0.3, 0.4) is 0 Å². The summed E-state index contributed by atoms with van der Waals surface area (Å²) in [7, 11) is 1.36. The number of esters is 1. The zero-order chi connectivity index (χ0) is 16.8. The van der Waals surface area contributed by atoms with Crippen molar-refractivity contribution < 1.29 is 27.8 Å². The molecule has 0 aliphatic rings. The zero-order valence-electron chi connectivity index (χ0n) is 12.0. The van der Waals surface area contributed by atoms with Crippen LogP contribution in [0.15, 0.2) is 36.4 Å². The fraction of sp³-hybridized carbons (Fsp3) is 0.125. The Labute approximate surface area is 130 Å². The van der Waals surface area contributed by atoms with Crippen LogP contribution in [0, 0.1) is 23.0 Å². The molecule has 0 heterocycles. The van der Waals surface area contributed by atoms with Crippen molar-refractivity contribution >= 4 is 5.97 Å². The van der Waals surface area contributed by atoms with E-state index in [1.54, 1.807) is 0 Å². The minimum atomic E-state index is -0.922. The van der Waals surface area contributed by atoms with Crippen LogP contribution in [-0.4, -0.2) is 19.7 Å². The third-order valence-electron chi connectivity index (χ3n) is 2.76. The first-order valence-electron chi connectivity index (χ1n) is 6.40. The van der Waals surface area contributed by atoms with Crippen LogP contribution in [-0.2, 0) is 4.79 Å². The van der Waals surface area contributed by atoms with Crippen molar-refractivity contribution in [3.8, 4) is 23.3 Å². The highest BCUT2D eigenvalue weighted by molar-refractivity contribution is 5.75. The van der Waals surface area contributed by atoms with Gasteiger partial charge in [-0.2, -0.15) is 5.26 Å². The highest BCUT2D eigenvalue weighted by atomic mass is 19.1. The summed E-state index contributed by atoms with van der Waals surface area (Å²) in [4.78, 5) is 11.7. The number of hydrogen-bond donors (Lipinski definition) is 0. The lowest BCUT2D eigenvalue weighted by Gasteiger charge is -2.10. The topological polar surface area (TPSA) is 68.5 Å². The molecule has 0 atom stereocenters. The number of nitrogens with zero attached hydrogens (tertiary/aromatic N) is 1. The molecule has 23 heavy (non-hydrogen) atoms. The number of carbonyl (C=O) groups is 1. The molecule has 118 valence electrons. The smallest absolute Gasteiger partial charge is 0.349 e. The van der Waals surface area contributed by atoms with Gasteiger partial charge in [0.2, 0.25) is 0 Å².